The second kappa shape index (κ2) is 2.63. The lowest BCUT2D eigenvalue weighted by Crippen LogP contribution is -1.96. The molecule has 1 saturated heterocycles. The molecule has 1 rings (SSSR count). The lowest BCUT2D eigenvalue weighted by molar-refractivity contribution is 0.215. The van der Waals surface area contributed by atoms with Crippen molar-refractivity contribution in [2.24, 2.45) is 0 Å². The molecule has 0 bridgehead atoms. The van der Waals surface area contributed by atoms with Gasteiger partial charge in [-0.25, -0.2) is 17.8 Å². The van der Waals surface area contributed by atoms with E-state index in [9.17, 15) is 9.13 Å². The maximum absolute atomic E-state index is 10.5. The molecule has 1 heterocycles. The first kappa shape index (κ1) is 8.78. The fourth-order valence-corrected chi connectivity index (χ4v) is 2.96. The van der Waals surface area contributed by atoms with E-state index in [-0.39, 0.29) is 0 Å². The molecule has 1 aliphatic heterocycles. The van der Waals surface area contributed by atoms with E-state index in [1.165, 1.54) is 0 Å². The minimum Gasteiger partial charge on any atom is -0.302 e. The van der Waals surface area contributed by atoms with Crippen LogP contribution in [0.2, 0.25) is 0 Å². The molecule has 0 atom stereocenters. The van der Waals surface area contributed by atoms with Crippen molar-refractivity contribution < 1.29 is 31.8 Å². The van der Waals surface area contributed by atoms with Crippen molar-refractivity contribution in [1.82, 2.24) is 0 Å². The minimum atomic E-state index is -4.76. The molecule has 1 aliphatic rings. The number of phosphoric acid groups is 2. The molecule has 0 radical (unpaired) electrons. The first-order valence-corrected chi connectivity index (χ1v) is 5.71. The first-order chi connectivity index (χ1) is 4.41. The minimum absolute atomic E-state index is 0.473. The monoisotopic (exact) mass is 208 g/mol. The van der Waals surface area contributed by atoms with Gasteiger partial charge in [0.1, 0.15) is 0 Å². The summed E-state index contributed by atoms with van der Waals surface area (Å²) in [5.41, 5.74) is 0. The molecule has 0 aliphatic carbocycles. The van der Waals surface area contributed by atoms with Gasteiger partial charge < -0.3 is 9.79 Å². The van der Waals surface area contributed by atoms with E-state index in [0.717, 1.165) is 0 Å². The highest BCUT2D eigenvalue weighted by Crippen LogP contribution is 2.74. The van der Waals surface area contributed by atoms with Gasteiger partial charge in [-0.3, -0.25) is 0 Å². The molecule has 2 N–H and O–H groups in total. The van der Waals surface area contributed by atoms with Gasteiger partial charge in [0.15, 0.2) is 9.03 Å². The van der Waals surface area contributed by atoms with Crippen LogP contribution in [0.15, 0.2) is 0 Å². The normalized spacial score (nSPS) is 35.8. The Bertz CT molecular complexity index is 203. The molecule has 1 fully saturated rings. The van der Waals surface area contributed by atoms with Crippen LogP contribution in [0, 0.1) is 0 Å². The molecule has 0 unspecified atom stereocenters. The van der Waals surface area contributed by atoms with E-state index < -0.39 is 24.7 Å². The van der Waals surface area contributed by atoms with Crippen LogP contribution in [-0.2, 0) is 22.1 Å². The molecule has 0 aromatic carbocycles. The van der Waals surface area contributed by atoms with Crippen LogP contribution >= 0.6 is 24.7 Å². The summed E-state index contributed by atoms with van der Waals surface area (Å²) in [6, 6.07) is 0. The highest BCUT2D eigenvalue weighted by atomic mass is 31.3. The van der Waals surface area contributed by atoms with E-state index in [1.807, 2.05) is 0 Å². The topological polar surface area (TPSA) is 102 Å². The van der Waals surface area contributed by atoms with Crippen molar-refractivity contribution in [2.45, 2.75) is 0 Å². The Morgan fingerprint density at radius 1 is 1.50 bits per heavy atom. The van der Waals surface area contributed by atoms with E-state index in [4.69, 9.17) is 9.79 Å². The van der Waals surface area contributed by atoms with Gasteiger partial charge in [-0.05, 0) is 0 Å². The lowest BCUT2D eigenvalue weighted by atomic mass is 15.7. The van der Waals surface area contributed by atoms with Crippen molar-refractivity contribution in [1.29, 1.82) is 0 Å². The highest BCUT2D eigenvalue weighted by molar-refractivity contribution is 7.71. The third-order valence-electron chi connectivity index (χ3n) is 0.505. The Balaban J connectivity index is 2.54. The van der Waals surface area contributed by atoms with Gasteiger partial charge in [0.25, 0.3) is 0 Å². The maximum Gasteiger partial charge on any atom is 0.493 e. The molecular formula is H3O7P3. The van der Waals surface area contributed by atoms with E-state index in [2.05, 4.69) is 12.9 Å². The van der Waals surface area contributed by atoms with Crippen LogP contribution in [0.25, 0.3) is 0 Å². The van der Waals surface area contributed by atoms with Gasteiger partial charge in [-0.2, -0.15) is 4.31 Å². The SMILES string of the molecule is O=P(O)(O)OP1(=O)OPO1. The Morgan fingerprint density at radius 3 is 2.10 bits per heavy atom. The Hall–Kier alpha value is 0.690. The second-order valence-electron chi connectivity index (χ2n) is 1.29. The molecular weight excluding hydrogens is 205 g/mol. The number of hydrogen-bond acceptors (Lipinski definition) is 5. The molecule has 0 aromatic rings. The molecule has 60 valence electrons. The standard InChI is InChI=1S/H3O7P3/c1-9(2,3)7-10(4)5-8-6-10/h8H,(H2,1,2,3). The maximum atomic E-state index is 10.5. The van der Waals surface area contributed by atoms with Gasteiger partial charge in [-0.1, -0.05) is 0 Å². The Kier molecular flexibility index (Phi) is 2.31. The van der Waals surface area contributed by atoms with Gasteiger partial charge >= 0.3 is 15.6 Å². The molecule has 0 aromatic heterocycles. The Labute approximate surface area is 57.5 Å². The molecule has 0 amide bonds. The zero-order valence-electron chi connectivity index (χ0n) is 4.33. The predicted octanol–water partition coefficient (Wildman–Crippen LogP) is 0.759. The van der Waals surface area contributed by atoms with Crippen LogP contribution in [0.4, 0.5) is 0 Å². The van der Waals surface area contributed by atoms with Crippen molar-refractivity contribution in [3.63, 3.8) is 0 Å². The second-order valence-corrected chi connectivity index (χ2v) is 5.44. The lowest BCUT2D eigenvalue weighted by Gasteiger charge is -2.23. The van der Waals surface area contributed by atoms with Crippen molar-refractivity contribution in [3.8, 4) is 0 Å². The predicted molar refractivity (Wildman–Crippen MR) is 31.2 cm³/mol. The van der Waals surface area contributed by atoms with Crippen molar-refractivity contribution >= 4 is 24.7 Å². The Morgan fingerprint density at radius 2 is 2.00 bits per heavy atom. The summed E-state index contributed by atoms with van der Waals surface area (Å²) in [5.74, 6) is 0. The fourth-order valence-electron chi connectivity index (χ4n) is 0.262. The fraction of sp³-hybridized carbons (Fsp3) is 0. The van der Waals surface area contributed by atoms with Crippen molar-refractivity contribution in [3.05, 3.63) is 0 Å². The average Bonchev–Trinajstić information content (AvgIpc) is 1.57. The first-order valence-electron chi connectivity index (χ1n) is 1.90. The van der Waals surface area contributed by atoms with Crippen LogP contribution < -0.4 is 0 Å². The summed E-state index contributed by atoms with van der Waals surface area (Å²) >= 11 is 0. The molecule has 0 saturated carbocycles. The quantitative estimate of drug-likeness (QED) is 0.645. The van der Waals surface area contributed by atoms with Gasteiger partial charge in [-0.15, -0.1) is 0 Å². The van der Waals surface area contributed by atoms with Crippen LogP contribution in [0.5, 0.6) is 0 Å². The summed E-state index contributed by atoms with van der Waals surface area (Å²) in [6.07, 6.45) is 0. The molecule has 10 heavy (non-hydrogen) atoms. The summed E-state index contributed by atoms with van der Waals surface area (Å²) in [7, 11) is -9.10. The smallest absolute Gasteiger partial charge is 0.302 e. The van der Waals surface area contributed by atoms with E-state index >= 15 is 0 Å². The zero-order valence-corrected chi connectivity index (χ0v) is 7.12. The summed E-state index contributed by atoms with van der Waals surface area (Å²) < 4.78 is 32.4. The molecule has 0 spiro atoms. The summed E-state index contributed by atoms with van der Waals surface area (Å²) in [5, 5.41) is 0. The third kappa shape index (κ3) is 2.38. The summed E-state index contributed by atoms with van der Waals surface area (Å²) in [4.78, 5) is 16.2. The van der Waals surface area contributed by atoms with Crippen LogP contribution in [0.1, 0.15) is 0 Å². The molecule has 7 nitrogen and oxygen atoms in total. The number of hydrogen-bond donors (Lipinski definition) is 2. The van der Waals surface area contributed by atoms with Gasteiger partial charge in [0, 0.05) is 0 Å². The van der Waals surface area contributed by atoms with E-state index in [1.54, 1.807) is 0 Å². The van der Waals surface area contributed by atoms with Gasteiger partial charge in [0.2, 0.25) is 0 Å². The molecule has 10 heteroatoms. The van der Waals surface area contributed by atoms with Crippen LogP contribution in [-0.4, -0.2) is 9.79 Å². The van der Waals surface area contributed by atoms with Crippen molar-refractivity contribution in [2.75, 3.05) is 0 Å². The summed E-state index contributed by atoms with van der Waals surface area (Å²) in [6.45, 7) is 0. The average molecular weight is 208 g/mol. The van der Waals surface area contributed by atoms with E-state index in [0.29, 0.717) is 0 Å². The third-order valence-corrected chi connectivity index (χ3v) is 4.54. The largest absolute Gasteiger partial charge is 0.493 e. The van der Waals surface area contributed by atoms with Crippen LogP contribution in [0.3, 0.4) is 0 Å². The number of rotatable bonds is 2. The van der Waals surface area contributed by atoms with Gasteiger partial charge in [0.05, 0.1) is 0 Å². The zero-order chi connectivity index (χ0) is 7.83. The highest BCUT2D eigenvalue weighted by Gasteiger charge is 2.43.